The Morgan fingerprint density at radius 1 is 1.26 bits per heavy atom. The molecule has 3 amide bonds. The summed E-state index contributed by atoms with van der Waals surface area (Å²) in [5.41, 5.74) is 6.83. The number of hydrogen-bond acceptors (Lipinski definition) is 12. The molecule has 3 heterocycles. The normalized spacial score (nSPS) is 22.6. The Bertz CT molecular complexity index is 1350. The minimum Gasteiger partial charge on any atom is -0.493 e. The molecule has 0 bridgehead atoms. The zero-order valence-electron chi connectivity index (χ0n) is 22.0. The summed E-state index contributed by atoms with van der Waals surface area (Å²) < 4.78 is 21.9. The maximum atomic E-state index is 13.3. The van der Waals surface area contributed by atoms with Gasteiger partial charge in [-0.2, -0.15) is 5.26 Å². The number of carbonyl (C=O) groups is 3. The van der Waals surface area contributed by atoms with Gasteiger partial charge in [-0.25, -0.2) is 14.6 Å². The van der Waals surface area contributed by atoms with E-state index >= 15 is 0 Å². The second-order valence-electron chi connectivity index (χ2n) is 8.65. The van der Waals surface area contributed by atoms with Gasteiger partial charge in [0, 0.05) is 14.1 Å². The number of urea groups is 1. The molecule has 1 fully saturated rings. The van der Waals surface area contributed by atoms with E-state index in [4.69, 9.17) is 24.7 Å². The van der Waals surface area contributed by atoms with E-state index in [1.165, 1.54) is 26.2 Å². The van der Waals surface area contributed by atoms with Gasteiger partial charge >= 0.3 is 12.0 Å². The maximum Gasteiger partial charge on any atom is 0.338 e. The van der Waals surface area contributed by atoms with Crippen LogP contribution in [0.15, 0.2) is 46.0 Å². The Labute approximate surface area is 229 Å². The van der Waals surface area contributed by atoms with Crippen molar-refractivity contribution in [1.82, 2.24) is 15.1 Å². The largest absolute Gasteiger partial charge is 0.493 e. The molecule has 1 saturated heterocycles. The molecule has 0 saturated carbocycles. The zero-order chi connectivity index (χ0) is 28.4. The maximum absolute atomic E-state index is 13.3. The van der Waals surface area contributed by atoms with Gasteiger partial charge in [-0.15, -0.1) is 0 Å². The molecule has 39 heavy (non-hydrogen) atoms. The van der Waals surface area contributed by atoms with E-state index in [1.54, 1.807) is 32.2 Å². The standard InChI is InChI=1S/C25H28N6O7S/c1-6-37-23(33)18-16(11-39-24-28-19-21(29-24)30(2)25(34)31(3)22(19)32)38-20(27)13(10-26)17(18)12-7-8-14(35-4)15(9-12)36-5/h7-9,17,19,21H,6,11,27H2,1-5H3,(H,28,29)/t17-,19-,21-/m1/s1. The first kappa shape index (κ1) is 27.6. The molecule has 0 aromatic heterocycles. The Morgan fingerprint density at radius 2 is 1.97 bits per heavy atom. The van der Waals surface area contributed by atoms with Gasteiger partial charge < -0.3 is 34.9 Å². The van der Waals surface area contributed by atoms with Crippen LogP contribution in [0.3, 0.4) is 0 Å². The summed E-state index contributed by atoms with van der Waals surface area (Å²) >= 11 is 1.16. The van der Waals surface area contributed by atoms with Crippen LogP contribution in [0.2, 0.25) is 0 Å². The number of nitrogens with one attached hydrogen (secondary N) is 1. The first-order valence-electron chi connectivity index (χ1n) is 11.9. The molecule has 0 aliphatic carbocycles. The van der Waals surface area contributed by atoms with Gasteiger partial charge in [0.25, 0.3) is 5.91 Å². The highest BCUT2D eigenvalue weighted by atomic mass is 32.2. The lowest BCUT2D eigenvalue weighted by Crippen LogP contribution is -2.63. The van der Waals surface area contributed by atoms with Crippen molar-refractivity contribution in [2.45, 2.75) is 25.0 Å². The van der Waals surface area contributed by atoms with Gasteiger partial charge in [-0.1, -0.05) is 17.8 Å². The third-order valence-electron chi connectivity index (χ3n) is 6.48. The average Bonchev–Trinajstić information content (AvgIpc) is 3.37. The number of imide groups is 1. The number of nitriles is 1. The van der Waals surface area contributed by atoms with Gasteiger partial charge in [0.15, 0.2) is 22.8 Å². The smallest absolute Gasteiger partial charge is 0.338 e. The van der Waals surface area contributed by atoms with E-state index < -0.39 is 36.0 Å². The van der Waals surface area contributed by atoms with E-state index in [0.29, 0.717) is 22.2 Å². The third kappa shape index (κ3) is 4.92. The van der Waals surface area contributed by atoms with Crippen molar-refractivity contribution in [2.24, 2.45) is 10.7 Å². The predicted octanol–water partition coefficient (Wildman–Crippen LogP) is 1.24. The Hall–Kier alpha value is -4.38. The number of aliphatic imine (C=N–C) groups is 1. The second kappa shape index (κ2) is 11.2. The van der Waals surface area contributed by atoms with Crippen LogP contribution in [0.1, 0.15) is 18.4 Å². The summed E-state index contributed by atoms with van der Waals surface area (Å²) in [4.78, 5) is 45.1. The van der Waals surface area contributed by atoms with Gasteiger partial charge in [0.05, 0.1) is 38.1 Å². The number of allylic oxidation sites excluding steroid dienone is 1. The Morgan fingerprint density at radius 3 is 2.62 bits per heavy atom. The number of nitrogens with zero attached hydrogens (tertiary/aromatic N) is 4. The molecule has 1 aromatic rings. The van der Waals surface area contributed by atoms with Crippen molar-refractivity contribution in [3.63, 3.8) is 0 Å². The first-order chi connectivity index (χ1) is 18.7. The fourth-order valence-corrected chi connectivity index (χ4v) is 5.40. The topological polar surface area (TPSA) is 169 Å². The number of fused-ring (bicyclic) bond motifs is 1. The van der Waals surface area contributed by atoms with Crippen LogP contribution in [0.5, 0.6) is 11.5 Å². The number of ether oxygens (including phenoxy) is 4. The SMILES string of the molecule is CCOC(=O)C1=C(CSC2=N[C@H]3[C@@H](N2)C(=O)N(C)C(=O)N3C)OC(N)=C(C#N)[C@H]1c1ccc(OC)c(OC)c1. The molecule has 1 aromatic carbocycles. The van der Waals surface area contributed by atoms with E-state index in [2.05, 4.69) is 16.4 Å². The van der Waals surface area contributed by atoms with Crippen molar-refractivity contribution in [2.75, 3.05) is 40.7 Å². The van der Waals surface area contributed by atoms with E-state index in [0.717, 1.165) is 16.7 Å². The van der Waals surface area contributed by atoms with Crippen LogP contribution in [-0.4, -0.2) is 85.8 Å². The minimum atomic E-state index is -0.904. The van der Waals surface area contributed by atoms with Gasteiger partial charge in [-0.05, 0) is 24.6 Å². The summed E-state index contributed by atoms with van der Waals surface area (Å²) in [6, 6.07) is 5.89. The Balaban J connectivity index is 1.71. The number of methoxy groups -OCH3 is 2. The lowest BCUT2D eigenvalue weighted by atomic mass is 9.83. The van der Waals surface area contributed by atoms with Gasteiger partial charge in [-0.3, -0.25) is 9.69 Å². The van der Waals surface area contributed by atoms with Crippen LogP contribution in [0.25, 0.3) is 0 Å². The monoisotopic (exact) mass is 556 g/mol. The zero-order valence-corrected chi connectivity index (χ0v) is 22.8. The van der Waals surface area contributed by atoms with Crippen molar-refractivity contribution in [3.8, 4) is 17.6 Å². The Kier molecular flexibility index (Phi) is 7.91. The summed E-state index contributed by atoms with van der Waals surface area (Å²) in [5, 5.41) is 13.4. The number of amides is 3. The van der Waals surface area contributed by atoms with Crippen molar-refractivity contribution >= 4 is 34.8 Å². The molecule has 3 aliphatic heterocycles. The summed E-state index contributed by atoms with van der Waals surface area (Å²) in [6.45, 7) is 1.76. The number of esters is 1. The lowest BCUT2D eigenvalue weighted by molar-refractivity contribution is -0.139. The predicted molar refractivity (Wildman–Crippen MR) is 140 cm³/mol. The van der Waals surface area contributed by atoms with E-state index in [-0.39, 0.29) is 35.1 Å². The molecule has 13 nitrogen and oxygen atoms in total. The van der Waals surface area contributed by atoms with Crippen LogP contribution < -0.4 is 20.5 Å². The molecule has 206 valence electrons. The third-order valence-corrected chi connectivity index (χ3v) is 7.39. The molecule has 0 radical (unpaired) electrons. The van der Waals surface area contributed by atoms with Crippen molar-refractivity contribution in [3.05, 3.63) is 46.6 Å². The quantitative estimate of drug-likeness (QED) is 0.463. The number of nitrogens with two attached hydrogens (primary N) is 1. The lowest BCUT2D eigenvalue weighted by Gasteiger charge is -2.36. The van der Waals surface area contributed by atoms with Crippen LogP contribution in [0, 0.1) is 11.3 Å². The number of likely N-dealkylation sites (N-methyl/N-ethyl adjacent to an activating group) is 2. The van der Waals surface area contributed by atoms with E-state index in [1.807, 2.05) is 0 Å². The molecule has 3 aliphatic rings. The fraction of sp³-hybridized carbons (Fsp3) is 0.400. The number of amidine groups is 1. The molecular weight excluding hydrogens is 528 g/mol. The van der Waals surface area contributed by atoms with Crippen LogP contribution >= 0.6 is 11.8 Å². The molecule has 3 N–H and O–H groups in total. The molecular formula is C25H28N6O7S. The van der Waals surface area contributed by atoms with Crippen molar-refractivity contribution in [1.29, 1.82) is 5.26 Å². The van der Waals surface area contributed by atoms with Crippen molar-refractivity contribution < 1.29 is 33.3 Å². The van der Waals surface area contributed by atoms with Crippen LogP contribution in [-0.2, 0) is 19.1 Å². The average molecular weight is 557 g/mol. The minimum absolute atomic E-state index is 0.0372. The fourth-order valence-electron chi connectivity index (χ4n) is 4.53. The highest BCUT2D eigenvalue weighted by molar-refractivity contribution is 8.14. The first-order valence-corrected chi connectivity index (χ1v) is 12.9. The van der Waals surface area contributed by atoms with Gasteiger partial charge in [0.1, 0.15) is 23.4 Å². The molecule has 3 atom stereocenters. The number of rotatable bonds is 7. The number of carbonyl (C=O) groups excluding carboxylic acids is 3. The molecule has 4 rings (SSSR count). The van der Waals surface area contributed by atoms with Gasteiger partial charge in [0.2, 0.25) is 5.88 Å². The summed E-state index contributed by atoms with van der Waals surface area (Å²) in [6.07, 6.45) is -0.704. The molecule has 0 spiro atoms. The second-order valence-corrected chi connectivity index (χ2v) is 9.61. The number of hydrogen-bond donors (Lipinski definition) is 2. The highest BCUT2D eigenvalue weighted by Crippen LogP contribution is 2.43. The number of thioether (sulfide) groups is 1. The highest BCUT2D eigenvalue weighted by Gasteiger charge is 2.47. The molecule has 0 unspecified atom stereocenters. The number of benzene rings is 1. The molecule has 14 heteroatoms. The summed E-state index contributed by atoms with van der Waals surface area (Å²) in [5.74, 6) is -1.04. The summed E-state index contributed by atoms with van der Waals surface area (Å²) in [7, 11) is 5.95. The van der Waals surface area contributed by atoms with E-state index in [9.17, 15) is 19.6 Å². The van der Waals surface area contributed by atoms with Crippen LogP contribution in [0.4, 0.5) is 4.79 Å².